The predicted octanol–water partition coefficient (Wildman–Crippen LogP) is 2.42. The fourth-order valence-electron chi connectivity index (χ4n) is 8.52. The van der Waals surface area contributed by atoms with E-state index >= 15 is 0 Å². The first-order valence-electron chi connectivity index (χ1n) is 22.9. The lowest BCUT2D eigenvalue weighted by molar-refractivity contribution is -0.304. The third-order valence-electron chi connectivity index (χ3n) is 11.3. The van der Waals surface area contributed by atoms with E-state index in [4.69, 9.17) is 57.8 Å². The molecular weight excluding hydrogens is 899 g/mol. The Kier molecular flexibility index (Phi) is 21.9. The second-order valence-electron chi connectivity index (χ2n) is 17.1. The van der Waals surface area contributed by atoms with E-state index in [0.29, 0.717) is 19.3 Å². The molecule has 0 bridgehead atoms. The highest BCUT2D eigenvalue weighted by molar-refractivity contribution is 5.83. The number of nitrogens with two attached hydrogens (primary N) is 1. The summed E-state index contributed by atoms with van der Waals surface area (Å²) in [6.07, 6.45) is -12.1. The zero-order valence-electron chi connectivity index (χ0n) is 39.9. The molecule has 14 atom stereocenters. The fraction of sp³-hybridized carbons (Fsp3) is 0.696. The van der Waals surface area contributed by atoms with Gasteiger partial charge in [0, 0.05) is 61.1 Å². The number of benzene rings is 1. The Morgan fingerprint density at radius 2 is 1.32 bits per heavy atom. The van der Waals surface area contributed by atoms with Crippen LogP contribution in [0.4, 0.5) is 4.79 Å². The van der Waals surface area contributed by atoms with Crippen LogP contribution in [0.1, 0.15) is 99.5 Å². The Bertz CT molecular complexity index is 1870. The molecule has 1 aliphatic carbocycles. The van der Waals surface area contributed by atoms with Gasteiger partial charge in [-0.3, -0.25) is 33.6 Å². The maximum absolute atomic E-state index is 13.9. The molecule has 2 heterocycles. The third kappa shape index (κ3) is 17.0. The maximum atomic E-state index is 13.9. The molecule has 22 heteroatoms. The molecule has 68 heavy (non-hydrogen) atoms. The summed E-state index contributed by atoms with van der Waals surface area (Å²) < 4.78 is 64.9. The summed E-state index contributed by atoms with van der Waals surface area (Å²) in [5, 5.41) is 5.39. The first-order chi connectivity index (χ1) is 32.3. The van der Waals surface area contributed by atoms with Crippen LogP contribution >= 0.6 is 0 Å². The van der Waals surface area contributed by atoms with Crippen LogP contribution in [0, 0.1) is 11.8 Å². The molecule has 2 aliphatic heterocycles. The molecule has 4 N–H and O–H groups in total. The lowest BCUT2D eigenvalue weighted by Crippen LogP contribution is -2.61. The molecule has 380 valence electrons. The van der Waals surface area contributed by atoms with Crippen molar-refractivity contribution in [1.29, 1.82) is 0 Å². The van der Waals surface area contributed by atoms with Crippen molar-refractivity contribution < 1.29 is 90.5 Å². The van der Waals surface area contributed by atoms with Gasteiger partial charge in [-0.25, -0.2) is 4.79 Å². The van der Waals surface area contributed by atoms with Crippen LogP contribution < -0.4 is 16.4 Å². The SMILES string of the molecule is CCCCC1C(OC2C(COC(C)=O)OC(OC3CC(C)CC(NC(=O)C(CCNC(=O)OCc4ccccc4)OC(C)=O)C3OC(C)=O)C2OC(C)=O)OC(CN)C(OC(C)=O)C1OC(C)=O. The van der Waals surface area contributed by atoms with Gasteiger partial charge >= 0.3 is 41.9 Å². The van der Waals surface area contributed by atoms with Crippen LogP contribution in [0.2, 0.25) is 0 Å². The molecule has 1 aromatic carbocycles. The highest BCUT2D eigenvalue weighted by atomic mass is 16.8. The lowest BCUT2D eigenvalue weighted by Gasteiger charge is -2.46. The van der Waals surface area contributed by atoms with E-state index in [9.17, 15) is 38.4 Å². The van der Waals surface area contributed by atoms with Crippen molar-refractivity contribution in [2.24, 2.45) is 17.6 Å². The molecule has 1 saturated carbocycles. The molecule has 2 amide bonds. The van der Waals surface area contributed by atoms with E-state index in [2.05, 4.69) is 10.6 Å². The fourth-order valence-corrected chi connectivity index (χ4v) is 8.52. The van der Waals surface area contributed by atoms with Gasteiger partial charge in [-0.15, -0.1) is 0 Å². The Labute approximate surface area is 395 Å². The monoisotopic (exact) mass is 965 g/mol. The van der Waals surface area contributed by atoms with Crippen molar-refractivity contribution in [3.63, 3.8) is 0 Å². The van der Waals surface area contributed by atoms with E-state index in [1.807, 2.05) is 19.9 Å². The van der Waals surface area contributed by atoms with Crippen molar-refractivity contribution in [1.82, 2.24) is 10.6 Å². The maximum Gasteiger partial charge on any atom is 0.407 e. The number of hydrogen-bond donors (Lipinski definition) is 3. The van der Waals surface area contributed by atoms with Gasteiger partial charge in [0.1, 0.15) is 49.8 Å². The van der Waals surface area contributed by atoms with Crippen LogP contribution in [-0.4, -0.2) is 141 Å². The molecule has 0 spiro atoms. The summed E-state index contributed by atoms with van der Waals surface area (Å²) in [6, 6.07) is 8.07. The normalized spacial score (nSPS) is 29.3. The first-order valence-corrected chi connectivity index (χ1v) is 22.9. The Morgan fingerprint density at radius 3 is 1.93 bits per heavy atom. The van der Waals surface area contributed by atoms with E-state index in [1.165, 1.54) is 27.7 Å². The minimum atomic E-state index is -1.48. The molecular formula is C46H67N3O19. The van der Waals surface area contributed by atoms with Crippen molar-refractivity contribution in [2.75, 3.05) is 19.7 Å². The summed E-state index contributed by atoms with van der Waals surface area (Å²) >= 11 is 0. The quantitative estimate of drug-likeness (QED) is 0.111. The Morgan fingerprint density at radius 1 is 0.706 bits per heavy atom. The minimum Gasteiger partial charge on any atom is -0.463 e. The Hall–Kier alpha value is -5.42. The number of hydrogen-bond acceptors (Lipinski definition) is 20. The highest BCUT2D eigenvalue weighted by Crippen LogP contribution is 2.40. The van der Waals surface area contributed by atoms with Gasteiger partial charge in [0.2, 0.25) is 0 Å². The number of rotatable bonds is 22. The molecule has 3 aliphatic rings. The smallest absolute Gasteiger partial charge is 0.407 e. The first kappa shape index (κ1) is 55.2. The molecule has 0 radical (unpaired) electrons. The van der Waals surface area contributed by atoms with Crippen molar-refractivity contribution in [2.45, 2.75) is 174 Å². The molecule has 1 aromatic rings. The van der Waals surface area contributed by atoms with Gasteiger partial charge in [0.25, 0.3) is 5.91 Å². The van der Waals surface area contributed by atoms with Gasteiger partial charge in [-0.2, -0.15) is 0 Å². The largest absolute Gasteiger partial charge is 0.463 e. The standard InChI is InChI=1S/C46H67N3O19/c1-9-10-16-32-38(61-27(5)52)40(63-29(7)54)36(21-47)66-44(32)68-41-37(23-58-25(3)50)67-45(42(41)64-30(8)55)65-35-20-24(2)19-33(39(35)62-28(6)53)49-43(56)34(60-26(4)51)17-18-48-46(57)59-22-31-14-12-11-13-15-31/h11-15,24,32-42,44-45H,9-10,16-23,47H2,1-8H3,(H,48,57)(H,49,56). The zero-order chi connectivity index (χ0) is 50.1. The molecule has 3 fully saturated rings. The van der Waals surface area contributed by atoms with Crippen LogP contribution in [0.15, 0.2) is 30.3 Å². The number of ether oxygens (including phenoxy) is 11. The van der Waals surface area contributed by atoms with Gasteiger partial charge in [0.05, 0.1) is 12.0 Å². The molecule has 14 unspecified atom stereocenters. The number of alkyl carbamates (subject to hydrolysis) is 1. The third-order valence-corrected chi connectivity index (χ3v) is 11.3. The van der Waals surface area contributed by atoms with Crippen LogP contribution in [-0.2, 0) is 92.3 Å². The van der Waals surface area contributed by atoms with Crippen LogP contribution in [0.25, 0.3) is 0 Å². The van der Waals surface area contributed by atoms with E-state index in [1.54, 1.807) is 24.3 Å². The van der Waals surface area contributed by atoms with Crippen molar-refractivity contribution in [3.05, 3.63) is 35.9 Å². The highest BCUT2D eigenvalue weighted by Gasteiger charge is 2.56. The second kappa shape index (κ2) is 26.9. The Balaban J connectivity index is 1.61. The number of carbonyl (C=O) groups is 8. The number of carbonyl (C=O) groups excluding carboxylic acids is 8. The predicted molar refractivity (Wildman–Crippen MR) is 233 cm³/mol. The van der Waals surface area contributed by atoms with E-state index in [0.717, 1.165) is 19.4 Å². The van der Waals surface area contributed by atoms with Gasteiger partial charge in [-0.05, 0) is 30.7 Å². The van der Waals surface area contributed by atoms with Gasteiger partial charge < -0.3 is 68.5 Å². The zero-order valence-corrected chi connectivity index (χ0v) is 39.9. The summed E-state index contributed by atoms with van der Waals surface area (Å²) in [4.78, 5) is 101. The average molecular weight is 966 g/mol. The number of esters is 6. The topological polar surface area (TPSA) is 288 Å². The van der Waals surface area contributed by atoms with Crippen LogP contribution in [0.5, 0.6) is 0 Å². The van der Waals surface area contributed by atoms with E-state index < -0.39 is 134 Å². The van der Waals surface area contributed by atoms with E-state index in [-0.39, 0.29) is 44.9 Å². The molecule has 4 rings (SSSR count). The van der Waals surface area contributed by atoms with Crippen molar-refractivity contribution in [3.8, 4) is 0 Å². The lowest BCUT2D eigenvalue weighted by atomic mass is 9.82. The minimum absolute atomic E-state index is 0.0103. The summed E-state index contributed by atoms with van der Waals surface area (Å²) in [5.41, 5.74) is 6.88. The summed E-state index contributed by atoms with van der Waals surface area (Å²) in [7, 11) is 0. The van der Waals surface area contributed by atoms with Crippen molar-refractivity contribution >= 4 is 47.8 Å². The van der Waals surface area contributed by atoms with Gasteiger partial charge in [-0.1, -0.05) is 57.0 Å². The number of nitrogens with one attached hydrogen (secondary N) is 2. The second-order valence-corrected chi connectivity index (χ2v) is 17.1. The molecule has 22 nitrogen and oxygen atoms in total. The molecule has 0 aromatic heterocycles. The average Bonchev–Trinajstić information content (AvgIpc) is 3.56. The van der Waals surface area contributed by atoms with Gasteiger partial charge in [0.15, 0.2) is 30.9 Å². The number of unbranched alkanes of at least 4 members (excludes halogenated alkanes) is 1. The molecule has 2 saturated heterocycles. The van der Waals surface area contributed by atoms with Crippen LogP contribution in [0.3, 0.4) is 0 Å². The number of amides is 2. The summed E-state index contributed by atoms with van der Waals surface area (Å²) in [6.45, 7) is 10.2. The summed E-state index contributed by atoms with van der Waals surface area (Å²) in [5.74, 6) is -5.97.